The molecule has 2 unspecified atom stereocenters. The Balaban J connectivity index is 1.91. The van der Waals surface area contributed by atoms with Crippen molar-refractivity contribution >= 4 is 28.6 Å². The fourth-order valence-corrected chi connectivity index (χ4v) is 3.52. The van der Waals surface area contributed by atoms with Crippen LogP contribution in [0.5, 0.6) is 0 Å². The molecule has 2 heterocycles. The molecule has 0 spiro atoms. The molecule has 2 atom stereocenters. The highest BCUT2D eigenvalue weighted by atomic mass is 35.5. The number of halogens is 1. The van der Waals surface area contributed by atoms with Crippen LogP contribution in [0.3, 0.4) is 0 Å². The minimum atomic E-state index is 0.0329. The molecule has 0 aliphatic carbocycles. The first-order valence-electron chi connectivity index (χ1n) is 6.79. The van der Waals surface area contributed by atoms with Crippen molar-refractivity contribution in [2.75, 3.05) is 18.0 Å². The third kappa shape index (κ3) is 3.06. The van der Waals surface area contributed by atoms with Gasteiger partial charge >= 0.3 is 0 Å². The van der Waals surface area contributed by atoms with Crippen LogP contribution in [-0.2, 0) is 4.74 Å². The maximum atomic E-state index is 9.31. The summed E-state index contributed by atoms with van der Waals surface area (Å²) in [5, 5.41) is 14.1. The summed E-state index contributed by atoms with van der Waals surface area (Å²) in [5.74, 6) is 0. The summed E-state index contributed by atoms with van der Waals surface area (Å²) in [6, 6.07) is 9.73. The number of thiophene rings is 1. The quantitative estimate of drug-likeness (QED) is 0.831. The third-order valence-corrected chi connectivity index (χ3v) is 4.53. The van der Waals surface area contributed by atoms with Gasteiger partial charge in [0.25, 0.3) is 0 Å². The van der Waals surface area contributed by atoms with Gasteiger partial charge < -0.3 is 9.64 Å². The molecule has 3 rings (SSSR count). The number of nitrogens with zero attached hydrogens (tertiary/aromatic N) is 2. The third-order valence-electron chi connectivity index (χ3n) is 3.60. The van der Waals surface area contributed by atoms with Gasteiger partial charge in [-0.15, -0.1) is 0 Å². The monoisotopic (exact) mass is 318 g/mol. The molecule has 0 radical (unpaired) electrons. The largest absolute Gasteiger partial charge is 0.367 e. The van der Waals surface area contributed by atoms with Gasteiger partial charge in [-0.1, -0.05) is 11.6 Å². The van der Waals surface area contributed by atoms with Crippen LogP contribution in [0.1, 0.15) is 24.2 Å². The van der Waals surface area contributed by atoms with Gasteiger partial charge in [0.2, 0.25) is 0 Å². The van der Waals surface area contributed by atoms with Gasteiger partial charge in [-0.05, 0) is 47.5 Å². The Morgan fingerprint density at radius 1 is 1.38 bits per heavy atom. The van der Waals surface area contributed by atoms with Crippen LogP contribution in [0, 0.1) is 11.3 Å². The topological polar surface area (TPSA) is 36.3 Å². The van der Waals surface area contributed by atoms with Gasteiger partial charge in [-0.3, -0.25) is 0 Å². The van der Waals surface area contributed by atoms with Gasteiger partial charge in [0.1, 0.15) is 12.2 Å². The van der Waals surface area contributed by atoms with E-state index in [0.29, 0.717) is 10.6 Å². The van der Waals surface area contributed by atoms with Crippen LogP contribution in [0.2, 0.25) is 5.02 Å². The van der Waals surface area contributed by atoms with Crippen molar-refractivity contribution in [1.29, 1.82) is 5.26 Å². The SMILES string of the molecule is CC1CN(c2cc(Cl)ccc2C#N)CC(c2ccsc2)O1. The lowest BCUT2D eigenvalue weighted by Crippen LogP contribution is -2.43. The zero-order valence-electron chi connectivity index (χ0n) is 11.6. The summed E-state index contributed by atoms with van der Waals surface area (Å²) in [6.45, 7) is 3.55. The molecule has 108 valence electrons. The molecule has 1 aliphatic rings. The molecule has 0 N–H and O–H groups in total. The molecule has 1 aliphatic heterocycles. The van der Waals surface area contributed by atoms with Crippen LogP contribution >= 0.6 is 22.9 Å². The van der Waals surface area contributed by atoms with E-state index < -0.39 is 0 Å². The maximum Gasteiger partial charge on any atom is 0.101 e. The first-order chi connectivity index (χ1) is 10.2. The van der Waals surface area contributed by atoms with E-state index in [1.54, 1.807) is 23.5 Å². The highest BCUT2D eigenvalue weighted by Crippen LogP contribution is 2.32. The molecule has 2 aromatic rings. The van der Waals surface area contributed by atoms with Gasteiger partial charge in [0.15, 0.2) is 0 Å². The van der Waals surface area contributed by atoms with Crippen molar-refractivity contribution < 1.29 is 4.74 Å². The fourth-order valence-electron chi connectivity index (χ4n) is 2.65. The lowest BCUT2D eigenvalue weighted by Gasteiger charge is -2.38. The molecule has 1 saturated heterocycles. The zero-order chi connectivity index (χ0) is 14.8. The Morgan fingerprint density at radius 2 is 2.24 bits per heavy atom. The van der Waals surface area contributed by atoms with Crippen LogP contribution in [-0.4, -0.2) is 19.2 Å². The van der Waals surface area contributed by atoms with Crippen molar-refractivity contribution in [2.45, 2.75) is 19.1 Å². The molecule has 0 bridgehead atoms. The molecule has 0 amide bonds. The number of morpholine rings is 1. The summed E-state index contributed by atoms with van der Waals surface area (Å²) >= 11 is 7.77. The summed E-state index contributed by atoms with van der Waals surface area (Å²) in [4.78, 5) is 2.20. The van der Waals surface area contributed by atoms with E-state index in [1.165, 1.54) is 5.56 Å². The number of hydrogen-bond donors (Lipinski definition) is 0. The van der Waals surface area contributed by atoms with Gasteiger partial charge in [0.05, 0.1) is 17.4 Å². The molecular weight excluding hydrogens is 304 g/mol. The second-order valence-electron chi connectivity index (χ2n) is 5.17. The Bertz CT molecular complexity index is 665. The van der Waals surface area contributed by atoms with Gasteiger partial charge in [-0.2, -0.15) is 16.6 Å². The average Bonchev–Trinajstić information content (AvgIpc) is 3.01. The van der Waals surface area contributed by atoms with Crippen LogP contribution in [0.4, 0.5) is 5.69 Å². The lowest BCUT2D eigenvalue weighted by molar-refractivity contribution is -0.0171. The van der Waals surface area contributed by atoms with Crippen LogP contribution in [0.25, 0.3) is 0 Å². The number of rotatable bonds is 2. The van der Waals surface area contributed by atoms with E-state index in [0.717, 1.165) is 18.8 Å². The van der Waals surface area contributed by atoms with E-state index in [4.69, 9.17) is 16.3 Å². The fraction of sp³-hybridized carbons (Fsp3) is 0.312. The van der Waals surface area contributed by atoms with Crippen molar-refractivity contribution in [1.82, 2.24) is 0 Å². The standard InChI is InChI=1S/C16H15ClN2OS/c1-11-8-19(9-16(20-11)13-4-5-21-10-13)15-6-14(17)3-2-12(15)7-18/h2-6,10-11,16H,8-9H2,1H3. The molecule has 1 fully saturated rings. The maximum absolute atomic E-state index is 9.31. The number of nitriles is 1. The van der Waals surface area contributed by atoms with E-state index in [-0.39, 0.29) is 12.2 Å². The molecule has 3 nitrogen and oxygen atoms in total. The smallest absolute Gasteiger partial charge is 0.101 e. The van der Waals surface area contributed by atoms with Gasteiger partial charge in [-0.25, -0.2) is 0 Å². The molecule has 1 aromatic heterocycles. The minimum absolute atomic E-state index is 0.0329. The van der Waals surface area contributed by atoms with Crippen LogP contribution in [0.15, 0.2) is 35.0 Å². The predicted molar refractivity (Wildman–Crippen MR) is 86.0 cm³/mol. The Morgan fingerprint density at radius 3 is 2.95 bits per heavy atom. The van der Waals surface area contributed by atoms with E-state index >= 15 is 0 Å². The summed E-state index contributed by atoms with van der Waals surface area (Å²) in [5.41, 5.74) is 2.73. The van der Waals surface area contributed by atoms with Crippen molar-refractivity contribution in [3.8, 4) is 6.07 Å². The van der Waals surface area contributed by atoms with Gasteiger partial charge in [0, 0.05) is 18.1 Å². The first-order valence-corrected chi connectivity index (χ1v) is 8.11. The van der Waals surface area contributed by atoms with E-state index in [2.05, 4.69) is 34.7 Å². The zero-order valence-corrected chi connectivity index (χ0v) is 13.2. The predicted octanol–water partition coefficient (Wildman–Crippen LogP) is 4.24. The molecular formula is C16H15ClN2OS. The number of ether oxygens (including phenoxy) is 1. The first kappa shape index (κ1) is 14.4. The second kappa shape index (κ2) is 6.07. The normalized spacial score (nSPS) is 22.0. The second-order valence-corrected chi connectivity index (χ2v) is 6.39. The lowest BCUT2D eigenvalue weighted by atomic mass is 10.1. The van der Waals surface area contributed by atoms with E-state index in [9.17, 15) is 5.26 Å². The summed E-state index contributed by atoms with van der Waals surface area (Å²) in [7, 11) is 0. The summed E-state index contributed by atoms with van der Waals surface area (Å²) in [6.07, 6.45) is 0.139. The number of hydrogen-bond acceptors (Lipinski definition) is 4. The highest BCUT2D eigenvalue weighted by molar-refractivity contribution is 7.07. The Hall–Kier alpha value is -1.54. The van der Waals surface area contributed by atoms with Crippen LogP contribution < -0.4 is 4.90 Å². The van der Waals surface area contributed by atoms with Crippen molar-refractivity contribution in [3.63, 3.8) is 0 Å². The molecule has 5 heteroatoms. The molecule has 1 aromatic carbocycles. The number of benzene rings is 1. The van der Waals surface area contributed by atoms with E-state index in [1.807, 2.05) is 6.07 Å². The number of anilines is 1. The molecule has 0 saturated carbocycles. The van der Waals surface area contributed by atoms with Crippen molar-refractivity contribution in [3.05, 3.63) is 51.2 Å². The average molecular weight is 319 g/mol. The molecule has 21 heavy (non-hydrogen) atoms. The van der Waals surface area contributed by atoms with Crippen molar-refractivity contribution in [2.24, 2.45) is 0 Å². The minimum Gasteiger partial charge on any atom is -0.367 e. The highest BCUT2D eigenvalue weighted by Gasteiger charge is 2.28. The Labute approximate surface area is 133 Å². The Kier molecular flexibility index (Phi) is 4.16. The summed E-state index contributed by atoms with van der Waals surface area (Å²) < 4.78 is 6.04.